The lowest BCUT2D eigenvalue weighted by Crippen LogP contribution is -2.47. The van der Waals surface area contributed by atoms with Gasteiger partial charge in [-0.2, -0.15) is 0 Å². The van der Waals surface area contributed by atoms with Crippen LogP contribution < -0.4 is 5.32 Å². The number of nitrogens with one attached hydrogen (secondary N) is 2. The van der Waals surface area contributed by atoms with E-state index in [0.29, 0.717) is 13.0 Å². The van der Waals surface area contributed by atoms with E-state index >= 15 is 0 Å². The van der Waals surface area contributed by atoms with Gasteiger partial charge in [0.2, 0.25) is 5.91 Å². The quantitative estimate of drug-likeness (QED) is 0.889. The van der Waals surface area contributed by atoms with Gasteiger partial charge in [-0.05, 0) is 32.9 Å². The highest BCUT2D eigenvalue weighted by Crippen LogP contribution is 2.23. The molecular formula is C16H24FN3O3. The lowest BCUT2D eigenvalue weighted by molar-refractivity contribution is -0.125. The van der Waals surface area contributed by atoms with Crippen LogP contribution in [0.5, 0.6) is 0 Å². The van der Waals surface area contributed by atoms with Crippen molar-refractivity contribution < 1.29 is 18.7 Å². The number of hydrogen-bond donors (Lipinski definition) is 2. The zero-order chi connectivity index (χ0) is 17.0. The second kappa shape index (κ2) is 7.02. The smallest absolute Gasteiger partial charge is 0.411 e. The van der Waals surface area contributed by atoms with Crippen molar-refractivity contribution in [3.05, 3.63) is 24.0 Å². The van der Waals surface area contributed by atoms with Gasteiger partial charge in [-0.15, -0.1) is 0 Å². The van der Waals surface area contributed by atoms with Crippen molar-refractivity contribution >= 4 is 12.0 Å². The van der Waals surface area contributed by atoms with E-state index in [2.05, 4.69) is 10.3 Å². The zero-order valence-corrected chi connectivity index (χ0v) is 13.8. The van der Waals surface area contributed by atoms with Crippen LogP contribution in [-0.2, 0) is 16.0 Å². The summed E-state index contributed by atoms with van der Waals surface area (Å²) in [6.45, 7) is 5.52. The summed E-state index contributed by atoms with van der Waals surface area (Å²) >= 11 is 0. The van der Waals surface area contributed by atoms with Gasteiger partial charge in [-0.25, -0.2) is 9.18 Å². The van der Waals surface area contributed by atoms with Crippen molar-refractivity contribution in [2.24, 2.45) is 0 Å². The second-order valence-corrected chi connectivity index (χ2v) is 6.72. The van der Waals surface area contributed by atoms with Gasteiger partial charge in [0.25, 0.3) is 0 Å². The van der Waals surface area contributed by atoms with E-state index in [4.69, 9.17) is 4.74 Å². The minimum atomic E-state index is -1.21. The zero-order valence-electron chi connectivity index (χ0n) is 13.8. The normalized spacial score (nSPS) is 21.3. The highest BCUT2D eigenvalue weighted by Gasteiger charge is 2.41. The molecule has 7 heteroatoms. The SMILES string of the molecule is CC(C)(C)OC(=O)N1C[C@@H](F)C[C@@H]1C(=O)NCCc1ccc[nH]1. The Balaban J connectivity index is 1.89. The van der Waals surface area contributed by atoms with Crippen LogP contribution in [0.1, 0.15) is 32.9 Å². The Hall–Kier alpha value is -2.05. The molecule has 0 radical (unpaired) electrons. The average molecular weight is 325 g/mol. The Kier molecular flexibility index (Phi) is 5.28. The summed E-state index contributed by atoms with van der Waals surface area (Å²) in [4.78, 5) is 28.6. The third kappa shape index (κ3) is 4.97. The van der Waals surface area contributed by atoms with E-state index in [-0.39, 0.29) is 18.9 Å². The molecule has 2 atom stereocenters. The Morgan fingerprint density at radius 1 is 1.48 bits per heavy atom. The number of nitrogens with zero attached hydrogens (tertiary/aromatic N) is 1. The number of H-pyrrole nitrogens is 1. The van der Waals surface area contributed by atoms with E-state index in [1.54, 1.807) is 20.8 Å². The summed E-state index contributed by atoms with van der Waals surface area (Å²) in [5, 5.41) is 2.76. The maximum absolute atomic E-state index is 13.7. The minimum Gasteiger partial charge on any atom is -0.444 e. The number of hydrogen-bond acceptors (Lipinski definition) is 3. The molecule has 1 saturated heterocycles. The summed E-state index contributed by atoms with van der Waals surface area (Å²) in [5.41, 5.74) is 0.323. The highest BCUT2D eigenvalue weighted by atomic mass is 19.1. The molecule has 2 amide bonds. The van der Waals surface area contributed by atoms with E-state index in [1.807, 2.05) is 18.3 Å². The highest BCUT2D eigenvalue weighted by molar-refractivity contribution is 5.86. The van der Waals surface area contributed by atoms with E-state index in [1.165, 1.54) is 4.90 Å². The van der Waals surface area contributed by atoms with Gasteiger partial charge in [0.05, 0.1) is 6.54 Å². The van der Waals surface area contributed by atoms with Crippen molar-refractivity contribution in [1.29, 1.82) is 0 Å². The number of halogens is 1. The standard InChI is InChI=1S/C16H24FN3O3/c1-16(2,3)23-15(22)20-10-11(17)9-13(20)14(21)19-8-6-12-5-4-7-18-12/h4-5,7,11,13,18H,6,8-10H2,1-3H3,(H,19,21)/t11-,13+/m0/s1. The fourth-order valence-corrected chi connectivity index (χ4v) is 2.52. The molecule has 1 aromatic heterocycles. The number of carbonyl (C=O) groups excluding carboxylic acids is 2. The number of amides is 2. The summed E-state index contributed by atoms with van der Waals surface area (Å²) in [7, 11) is 0. The fraction of sp³-hybridized carbons (Fsp3) is 0.625. The van der Waals surface area contributed by atoms with Gasteiger partial charge in [0.15, 0.2) is 0 Å². The molecule has 0 aromatic carbocycles. The molecule has 1 aromatic rings. The maximum atomic E-state index is 13.7. The second-order valence-electron chi connectivity index (χ2n) is 6.72. The number of aromatic nitrogens is 1. The predicted octanol–water partition coefficient (Wildman–Crippen LogP) is 2.02. The molecule has 2 rings (SSSR count). The largest absolute Gasteiger partial charge is 0.444 e. The van der Waals surface area contributed by atoms with E-state index in [0.717, 1.165) is 5.69 Å². The first kappa shape index (κ1) is 17.3. The van der Waals surface area contributed by atoms with Crippen LogP contribution in [0.25, 0.3) is 0 Å². The summed E-state index contributed by atoms with van der Waals surface area (Å²) in [6.07, 6.45) is 0.611. The van der Waals surface area contributed by atoms with Crippen LogP contribution in [0.3, 0.4) is 0 Å². The van der Waals surface area contributed by atoms with E-state index < -0.39 is 23.9 Å². The molecule has 0 aliphatic carbocycles. The first-order chi connectivity index (χ1) is 10.8. The molecule has 0 saturated carbocycles. The number of carbonyl (C=O) groups is 2. The number of likely N-dealkylation sites (tertiary alicyclic amines) is 1. The number of alkyl halides is 1. The van der Waals surface area contributed by atoms with Gasteiger partial charge in [-0.1, -0.05) is 0 Å². The molecular weight excluding hydrogens is 301 g/mol. The Morgan fingerprint density at radius 3 is 2.83 bits per heavy atom. The summed E-state index contributed by atoms with van der Waals surface area (Å²) in [5.74, 6) is -0.345. The molecule has 2 N–H and O–H groups in total. The minimum absolute atomic E-state index is 0.00752. The number of rotatable bonds is 4. The van der Waals surface area contributed by atoms with Crippen molar-refractivity contribution in [3.63, 3.8) is 0 Å². The molecule has 1 fully saturated rings. The first-order valence-electron chi connectivity index (χ1n) is 7.80. The van der Waals surface area contributed by atoms with Crippen LogP contribution in [0.2, 0.25) is 0 Å². The van der Waals surface area contributed by atoms with Crippen molar-refractivity contribution in [1.82, 2.24) is 15.2 Å². The van der Waals surface area contributed by atoms with E-state index in [9.17, 15) is 14.0 Å². The molecule has 1 aliphatic rings. The van der Waals surface area contributed by atoms with Gasteiger partial charge in [0.1, 0.15) is 17.8 Å². The van der Waals surface area contributed by atoms with Gasteiger partial charge in [0, 0.05) is 31.3 Å². The van der Waals surface area contributed by atoms with Crippen LogP contribution in [0, 0.1) is 0 Å². The monoisotopic (exact) mass is 325 g/mol. The Labute approximate surface area is 135 Å². The van der Waals surface area contributed by atoms with Crippen molar-refractivity contribution in [2.45, 2.75) is 51.4 Å². The maximum Gasteiger partial charge on any atom is 0.411 e. The molecule has 0 unspecified atom stereocenters. The predicted molar refractivity (Wildman–Crippen MR) is 83.7 cm³/mol. The Morgan fingerprint density at radius 2 is 2.22 bits per heavy atom. The third-order valence-electron chi connectivity index (χ3n) is 3.54. The third-order valence-corrected chi connectivity index (χ3v) is 3.54. The van der Waals surface area contributed by atoms with Crippen LogP contribution in [-0.4, -0.2) is 52.8 Å². The summed E-state index contributed by atoms with van der Waals surface area (Å²) in [6, 6.07) is 2.99. The Bertz CT molecular complexity index is 539. The average Bonchev–Trinajstić information content (AvgIpc) is 3.06. The first-order valence-corrected chi connectivity index (χ1v) is 7.80. The number of ether oxygens (including phenoxy) is 1. The topological polar surface area (TPSA) is 74.4 Å². The van der Waals surface area contributed by atoms with Crippen molar-refractivity contribution in [3.8, 4) is 0 Å². The van der Waals surface area contributed by atoms with Gasteiger partial charge < -0.3 is 15.0 Å². The van der Waals surface area contributed by atoms with Gasteiger partial charge >= 0.3 is 6.09 Å². The molecule has 23 heavy (non-hydrogen) atoms. The van der Waals surface area contributed by atoms with Crippen LogP contribution >= 0.6 is 0 Å². The van der Waals surface area contributed by atoms with Crippen LogP contribution in [0.4, 0.5) is 9.18 Å². The lowest BCUT2D eigenvalue weighted by Gasteiger charge is -2.27. The lowest BCUT2D eigenvalue weighted by atomic mass is 10.2. The van der Waals surface area contributed by atoms with Gasteiger partial charge in [-0.3, -0.25) is 9.69 Å². The summed E-state index contributed by atoms with van der Waals surface area (Å²) < 4.78 is 18.9. The van der Waals surface area contributed by atoms with Crippen LogP contribution in [0.15, 0.2) is 18.3 Å². The fourth-order valence-electron chi connectivity index (χ4n) is 2.52. The number of aromatic amines is 1. The molecule has 0 spiro atoms. The van der Waals surface area contributed by atoms with Crippen molar-refractivity contribution in [2.75, 3.05) is 13.1 Å². The molecule has 0 bridgehead atoms. The molecule has 2 heterocycles. The molecule has 6 nitrogen and oxygen atoms in total. The molecule has 128 valence electrons. The molecule has 1 aliphatic heterocycles.